The molecule has 0 bridgehead atoms. The van der Waals surface area contributed by atoms with E-state index in [1.165, 1.54) is 0 Å². The van der Waals surface area contributed by atoms with E-state index in [1.807, 2.05) is 37.3 Å². The number of benzene rings is 2. The Morgan fingerprint density at radius 1 is 1.21 bits per heavy atom. The van der Waals surface area contributed by atoms with Crippen LogP contribution in [0.15, 0.2) is 52.9 Å². The molecule has 0 fully saturated rings. The summed E-state index contributed by atoms with van der Waals surface area (Å²) in [5, 5.41) is 4.70. The van der Waals surface area contributed by atoms with E-state index in [-0.39, 0.29) is 18.6 Å². The third-order valence-electron chi connectivity index (χ3n) is 3.50. The van der Waals surface area contributed by atoms with Crippen LogP contribution in [0.4, 0.5) is 0 Å². The molecule has 1 N–H and O–H groups in total. The maximum Gasteiger partial charge on any atom is 0.258 e. The minimum absolute atomic E-state index is 0.147. The number of nitrogens with one attached hydrogen (secondary N) is 1. The largest absolute Gasteiger partial charge is 0.482 e. The first-order valence-electron chi connectivity index (χ1n) is 7.38. The highest BCUT2D eigenvalue weighted by molar-refractivity contribution is 6.35. The van der Waals surface area contributed by atoms with Gasteiger partial charge in [0.2, 0.25) is 0 Å². The van der Waals surface area contributed by atoms with E-state index < -0.39 is 0 Å². The normalized spacial score (nSPS) is 12.1. The fourth-order valence-corrected chi connectivity index (χ4v) is 2.77. The number of rotatable bonds is 5. The number of amides is 1. The van der Waals surface area contributed by atoms with Gasteiger partial charge in [0.15, 0.2) is 6.61 Å². The Balaban J connectivity index is 1.59. The van der Waals surface area contributed by atoms with Gasteiger partial charge in [0.05, 0.1) is 11.1 Å². The third kappa shape index (κ3) is 3.83. The molecule has 3 rings (SSSR count). The average Bonchev–Trinajstić information content (AvgIpc) is 2.98. The van der Waals surface area contributed by atoms with Gasteiger partial charge in [0.25, 0.3) is 5.91 Å². The number of hydrogen-bond donors (Lipinski definition) is 1. The number of halogens is 2. The van der Waals surface area contributed by atoms with Crippen molar-refractivity contribution in [3.8, 4) is 5.75 Å². The fourth-order valence-electron chi connectivity index (χ4n) is 2.31. The molecule has 124 valence electrons. The molecule has 0 spiro atoms. The number of hydrogen-bond acceptors (Lipinski definition) is 3. The maximum absolute atomic E-state index is 12.0. The highest BCUT2D eigenvalue weighted by Crippen LogP contribution is 2.27. The maximum atomic E-state index is 12.0. The van der Waals surface area contributed by atoms with Crippen LogP contribution in [0.2, 0.25) is 10.0 Å². The molecular formula is C18H15Cl2NO3. The molecule has 1 amide bonds. The summed E-state index contributed by atoms with van der Waals surface area (Å²) < 4.78 is 11.2. The summed E-state index contributed by atoms with van der Waals surface area (Å²) in [5.41, 5.74) is 0.790. The van der Waals surface area contributed by atoms with Crippen LogP contribution in [0.3, 0.4) is 0 Å². The van der Waals surface area contributed by atoms with Gasteiger partial charge in [-0.1, -0.05) is 41.4 Å². The summed E-state index contributed by atoms with van der Waals surface area (Å²) in [6, 6.07) is 14.2. The number of fused-ring (bicyclic) bond motifs is 1. The van der Waals surface area contributed by atoms with Crippen LogP contribution in [0.5, 0.6) is 5.75 Å². The summed E-state index contributed by atoms with van der Waals surface area (Å²) in [7, 11) is 0. The molecule has 0 unspecified atom stereocenters. The predicted octanol–water partition coefficient (Wildman–Crippen LogP) is 5.00. The van der Waals surface area contributed by atoms with Crippen molar-refractivity contribution in [1.29, 1.82) is 0 Å². The van der Waals surface area contributed by atoms with Crippen molar-refractivity contribution < 1.29 is 13.9 Å². The second kappa shape index (κ2) is 7.16. The number of para-hydroxylation sites is 1. The molecule has 1 atom stereocenters. The van der Waals surface area contributed by atoms with Gasteiger partial charge in [-0.15, -0.1) is 0 Å². The van der Waals surface area contributed by atoms with Crippen LogP contribution < -0.4 is 10.1 Å². The number of furan rings is 1. The zero-order valence-corrected chi connectivity index (χ0v) is 14.4. The lowest BCUT2D eigenvalue weighted by Crippen LogP contribution is -2.31. The molecule has 3 aromatic rings. The van der Waals surface area contributed by atoms with Gasteiger partial charge >= 0.3 is 0 Å². The summed E-state index contributed by atoms with van der Waals surface area (Å²) in [5.74, 6) is 0.829. The van der Waals surface area contributed by atoms with E-state index in [0.29, 0.717) is 21.6 Å². The van der Waals surface area contributed by atoms with Gasteiger partial charge in [-0.3, -0.25) is 4.79 Å². The first-order chi connectivity index (χ1) is 11.5. The Hall–Kier alpha value is -2.17. The molecule has 0 radical (unpaired) electrons. The van der Waals surface area contributed by atoms with Crippen LogP contribution in [0, 0.1) is 0 Å². The quantitative estimate of drug-likeness (QED) is 0.694. The number of carbonyl (C=O) groups is 1. The standard InChI is InChI=1S/C18H15Cl2NO3/c1-11(17-8-12-4-2-3-5-15(12)24-17)21-18(22)10-23-16-7-6-13(19)9-14(16)20/h2-9,11H,10H2,1H3,(H,21,22)/t11-/m0/s1. The summed E-state index contributed by atoms with van der Waals surface area (Å²) in [6.45, 7) is 1.71. The number of carbonyl (C=O) groups excluding carboxylic acids is 1. The SMILES string of the molecule is C[C@H](NC(=O)COc1ccc(Cl)cc1Cl)c1cc2ccccc2o1. The monoisotopic (exact) mass is 363 g/mol. The van der Waals surface area contributed by atoms with E-state index in [2.05, 4.69) is 5.32 Å². The van der Waals surface area contributed by atoms with Crippen molar-refractivity contribution in [3.05, 3.63) is 64.3 Å². The van der Waals surface area contributed by atoms with Crippen LogP contribution in [0.25, 0.3) is 11.0 Å². The van der Waals surface area contributed by atoms with Crippen LogP contribution in [-0.2, 0) is 4.79 Å². The molecule has 0 aliphatic rings. The molecule has 0 saturated heterocycles. The minimum Gasteiger partial charge on any atom is -0.482 e. The summed E-state index contributed by atoms with van der Waals surface area (Å²) >= 11 is 11.8. The molecule has 0 aliphatic carbocycles. The lowest BCUT2D eigenvalue weighted by molar-refractivity contribution is -0.123. The first kappa shape index (κ1) is 16.7. The molecular weight excluding hydrogens is 349 g/mol. The highest BCUT2D eigenvalue weighted by Gasteiger charge is 2.15. The van der Waals surface area contributed by atoms with Crippen LogP contribution in [0.1, 0.15) is 18.7 Å². The summed E-state index contributed by atoms with van der Waals surface area (Å²) in [6.07, 6.45) is 0. The van der Waals surface area contributed by atoms with E-state index >= 15 is 0 Å². The second-order valence-corrected chi connectivity index (χ2v) is 6.18. The lowest BCUT2D eigenvalue weighted by atomic mass is 10.2. The topological polar surface area (TPSA) is 51.5 Å². The molecule has 2 aromatic carbocycles. The zero-order valence-electron chi connectivity index (χ0n) is 12.9. The van der Waals surface area contributed by atoms with Gasteiger partial charge in [-0.2, -0.15) is 0 Å². The fraction of sp³-hybridized carbons (Fsp3) is 0.167. The molecule has 1 heterocycles. The van der Waals surface area contributed by atoms with E-state index in [1.54, 1.807) is 18.2 Å². The van der Waals surface area contributed by atoms with Crippen LogP contribution in [-0.4, -0.2) is 12.5 Å². The van der Waals surface area contributed by atoms with Crippen molar-refractivity contribution in [1.82, 2.24) is 5.32 Å². The molecule has 0 saturated carbocycles. The molecule has 6 heteroatoms. The Morgan fingerprint density at radius 3 is 2.75 bits per heavy atom. The molecule has 4 nitrogen and oxygen atoms in total. The lowest BCUT2D eigenvalue weighted by Gasteiger charge is -2.12. The number of ether oxygens (including phenoxy) is 1. The Labute approximate surface area is 149 Å². The van der Waals surface area contributed by atoms with Crippen molar-refractivity contribution >= 4 is 40.1 Å². The Morgan fingerprint density at radius 2 is 2.00 bits per heavy atom. The molecule has 1 aromatic heterocycles. The van der Waals surface area contributed by atoms with Gasteiger partial charge < -0.3 is 14.5 Å². The van der Waals surface area contributed by atoms with Crippen molar-refractivity contribution in [2.24, 2.45) is 0 Å². The van der Waals surface area contributed by atoms with Gasteiger partial charge in [-0.25, -0.2) is 0 Å². The average molecular weight is 364 g/mol. The smallest absolute Gasteiger partial charge is 0.258 e. The highest BCUT2D eigenvalue weighted by atomic mass is 35.5. The molecule has 0 aliphatic heterocycles. The minimum atomic E-state index is -0.269. The van der Waals surface area contributed by atoms with Crippen LogP contribution >= 0.6 is 23.2 Å². The van der Waals surface area contributed by atoms with E-state index in [4.69, 9.17) is 32.4 Å². The van der Waals surface area contributed by atoms with E-state index in [0.717, 1.165) is 11.0 Å². The first-order valence-corrected chi connectivity index (χ1v) is 8.14. The van der Waals surface area contributed by atoms with Crippen molar-refractivity contribution in [2.45, 2.75) is 13.0 Å². The van der Waals surface area contributed by atoms with Crippen molar-refractivity contribution in [2.75, 3.05) is 6.61 Å². The second-order valence-electron chi connectivity index (χ2n) is 5.34. The Bertz CT molecular complexity index is 843. The van der Waals surface area contributed by atoms with E-state index in [9.17, 15) is 4.79 Å². The van der Waals surface area contributed by atoms with Gasteiger partial charge in [0, 0.05) is 10.4 Å². The van der Waals surface area contributed by atoms with Crippen molar-refractivity contribution in [3.63, 3.8) is 0 Å². The predicted molar refractivity (Wildman–Crippen MR) is 94.7 cm³/mol. The third-order valence-corrected chi connectivity index (χ3v) is 4.03. The van der Waals surface area contributed by atoms with Gasteiger partial charge in [0.1, 0.15) is 17.1 Å². The van der Waals surface area contributed by atoms with Gasteiger partial charge in [-0.05, 0) is 37.3 Å². The molecule has 24 heavy (non-hydrogen) atoms. The Kier molecular flexibility index (Phi) is 4.97. The summed E-state index contributed by atoms with van der Waals surface area (Å²) in [4.78, 5) is 12.0. The zero-order chi connectivity index (χ0) is 17.1.